The Labute approximate surface area is 210 Å². The minimum atomic E-state index is -4.07. The monoisotopic (exact) mass is 515 g/mol. The molecule has 2 heterocycles. The molecule has 2 aromatic carbocycles. The van der Waals surface area contributed by atoms with E-state index in [0.717, 1.165) is 14.8 Å². The number of rotatable bonds is 8. The largest absolute Gasteiger partial charge is 0.465 e. The summed E-state index contributed by atoms with van der Waals surface area (Å²) in [6.45, 7) is 4.75. The number of ether oxygens (including phenoxy) is 2. The maximum absolute atomic E-state index is 13.7. The van der Waals surface area contributed by atoms with Gasteiger partial charge in [-0.1, -0.05) is 17.7 Å². The first-order chi connectivity index (χ1) is 17.2. The quantitative estimate of drug-likeness (QED) is 0.383. The van der Waals surface area contributed by atoms with Crippen molar-refractivity contribution in [1.29, 1.82) is 0 Å². The average Bonchev–Trinajstić information content (AvgIpc) is 3.17. The number of amides is 2. The minimum absolute atomic E-state index is 0.0506. The summed E-state index contributed by atoms with van der Waals surface area (Å²) >= 11 is 0. The van der Waals surface area contributed by atoms with E-state index < -0.39 is 33.8 Å². The summed E-state index contributed by atoms with van der Waals surface area (Å²) in [6.07, 6.45) is -0.272. The third kappa shape index (κ3) is 5.34. The van der Waals surface area contributed by atoms with Crippen molar-refractivity contribution in [1.82, 2.24) is 9.21 Å². The average molecular weight is 516 g/mol. The number of morpholine rings is 1. The molecular weight excluding hydrogens is 486 g/mol. The zero-order chi connectivity index (χ0) is 25.9. The van der Waals surface area contributed by atoms with E-state index in [1.807, 2.05) is 6.92 Å². The molecule has 11 heteroatoms. The summed E-state index contributed by atoms with van der Waals surface area (Å²) in [5.74, 6) is -1.67. The number of aryl methyl sites for hydroxylation is 1. The number of hydrogen-bond acceptors (Lipinski definition) is 8. The number of anilines is 1. The second-order valence-electron chi connectivity index (χ2n) is 8.71. The fourth-order valence-corrected chi connectivity index (χ4v) is 5.90. The molecule has 2 aliphatic heterocycles. The Morgan fingerprint density at radius 3 is 2.31 bits per heavy atom. The van der Waals surface area contributed by atoms with Crippen LogP contribution in [0.5, 0.6) is 0 Å². The van der Waals surface area contributed by atoms with E-state index in [-0.39, 0.29) is 29.1 Å². The second kappa shape index (κ2) is 10.9. The lowest BCUT2D eigenvalue weighted by molar-refractivity contribution is -0.122. The van der Waals surface area contributed by atoms with Crippen molar-refractivity contribution in [3.8, 4) is 0 Å². The van der Waals surface area contributed by atoms with Gasteiger partial charge < -0.3 is 9.47 Å². The van der Waals surface area contributed by atoms with Crippen LogP contribution in [0.4, 0.5) is 5.69 Å². The summed E-state index contributed by atoms with van der Waals surface area (Å²) in [7, 11) is -2.81. The van der Waals surface area contributed by atoms with Gasteiger partial charge in [-0.3, -0.25) is 14.5 Å². The summed E-state index contributed by atoms with van der Waals surface area (Å²) in [5.41, 5.74) is 1.44. The second-order valence-corrected chi connectivity index (χ2v) is 10.6. The zero-order valence-electron chi connectivity index (χ0n) is 20.3. The minimum Gasteiger partial charge on any atom is -0.465 e. The van der Waals surface area contributed by atoms with Crippen molar-refractivity contribution >= 4 is 33.5 Å². The Hall–Kier alpha value is -3.12. The van der Waals surface area contributed by atoms with Gasteiger partial charge in [0.1, 0.15) is 6.04 Å². The predicted molar refractivity (Wildman–Crippen MR) is 131 cm³/mol. The number of methoxy groups -OCH3 is 1. The molecule has 4 rings (SSSR count). The normalized spacial score (nSPS) is 19.2. The van der Waals surface area contributed by atoms with Crippen molar-refractivity contribution in [2.24, 2.45) is 0 Å². The molecule has 2 aromatic rings. The van der Waals surface area contributed by atoms with Crippen LogP contribution >= 0.6 is 0 Å². The van der Waals surface area contributed by atoms with Gasteiger partial charge in [0.25, 0.3) is 5.91 Å². The predicted octanol–water partition coefficient (Wildman–Crippen LogP) is 1.44. The molecule has 192 valence electrons. The smallest absolute Gasteiger partial charge is 0.337 e. The van der Waals surface area contributed by atoms with Crippen LogP contribution in [0.3, 0.4) is 0 Å². The van der Waals surface area contributed by atoms with Crippen LogP contribution in [0.25, 0.3) is 0 Å². The highest BCUT2D eigenvalue weighted by Crippen LogP contribution is 2.29. The lowest BCUT2D eigenvalue weighted by Gasteiger charge is -2.31. The van der Waals surface area contributed by atoms with Gasteiger partial charge in [-0.15, -0.1) is 0 Å². The van der Waals surface area contributed by atoms with Crippen molar-refractivity contribution < 1.29 is 32.3 Å². The molecule has 0 radical (unpaired) electrons. The molecule has 0 N–H and O–H groups in total. The van der Waals surface area contributed by atoms with Crippen molar-refractivity contribution in [2.45, 2.75) is 24.3 Å². The van der Waals surface area contributed by atoms with E-state index in [0.29, 0.717) is 32.8 Å². The maximum atomic E-state index is 13.7. The van der Waals surface area contributed by atoms with Gasteiger partial charge >= 0.3 is 5.97 Å². The molecule has 2 aliphatic rings. The van der Waals surface area contributed by atoms with Crippen molar-refractivity contribution in [3.05, 3.63) is 59.7 Å². The Balaban J connectivity index is 1.63. The lowest BCUT2D eigenvalue weighted by Crippen LogP contribution is -2.49. The van der Waals surface area contributed by atoms with Gasteiger partial charge in [-0.2, -0.15) is 4.31 Å². The molecule has 0 saturated carbocycles. The highest BCUT2D eigenvalue weighted by Gasteiger charge is 2.47. The Bertz CT molecular complexity index is 1220. The molecule has 0 aromatic heterocycles. The van der Waals surface area contributed by atoms with Gasteiger partial charge in [0.2, 0.25) is 15.9 Å². The molecule has 2 amide bonds. The highest BCUT2D eigenvalue weighted by molar-refractivity contribution is 7.89. The Morgan fingerprint density at radius 1 is 1.06 bits per heavy atom. The first kappa shape index (κ1) is 26.0. The number of sulfonamides is 1. The fraction of sp³-hybridized carbons (Fsp3) is 0.400. The number of hydrogen-bond donors (Lipinski definition) is 0. The number of carbonyl (C=O) groups excluding carboxylic acids is 3. The molecule has 2 saturated heterocycles. The zero-order valence-corrected chi connectivity index (χ0v) is 21.1. The van der Waals surface area contributed by atoms with Crippen LogP contribution in [0, 0.1) is 6.92 Å². The summed E-state index contributed by atoms with van der Waals surface area (Å²) in [5, 5.41) is 0. The van der Waals surface area contributed by atoms with Crippen LogP contribution < -0.4 is 4.90 Å². The van der Waals surface area contributed by atoms with E-state index in [4.69, 9.17) is 4.74 Å². The van der Waals surface area contributed by atoms with Gasteiger partial charge in [0.15, 0.2) is 0 Å². The van der Waals surface area contributed by atoms with Gasteiger partial charge in [-0.25, -0.2) is 18.1 Å². The van der Waals surface area contributed by atoms with E-state index in [1.165, 1.54) is 43.5 Å². The SMILES string of the molecule is COC(=O)c1ccc(N2C(=O)CC(N(CCN3CCOCC3)S(=O)(=O)c3ccc(C)cc3)C2=O)cc1. The third-order valence-corrected chi connectivity index (χ3v) is 8.31. The third-order valence-electron chi connectivity index (χ3n) is 6.38. The van der Waals surface area contributed by atoms with Crippen LogP contribution in [-0.4, -0.2) is 88.0 Å². The standard InChI is InChI=1S/C25H29N3O7S/c1-18-3-9-21(10-4-18)36(32,33)27(12-11-26-13-15-35-16-14-26)22-17-23(29)28(24(22)30)20-7-5-19(6-8-20)25(31)34-2/h3-10,22H,11-17H2,1-2H3. The van der Waals surface area contributed by atoms with E-state index >= 15 is 0 Å². The number of imide groups is 1. The molecular formula is C25H29N3O7S. The number of esters is 1. The number of carbonyl (C=O) groups is 3. The molecule has 0 spiro atoms. The summed E-state index contributed by atoms with van der Waals surface area (Å²) < 4.78 is 38.6. The van der Waals surface area contributed by atoms with E-state index in [1.54, 1.807) is 12.1 Å². The molecule has 1 atom stereocenters. The molecule has 0 bridgehead atoms. The fourth-order valence-electron chi connectivity index (χ4n) is 4.33. The lowest BCUT2D eigenvalue weighted by atomic mass is 10.2. The Morgan fingerprint density at radius 2 is 1.69 bits per heavy atom. The molecule has 1 unspecified atom stereocenters. The van der Waals surface area contributed by atoms with Gasteiger partial charge in [0, 0.05) is 26.2 Å². The number of benzene rings is 2. The van der Waals surface area contributed by atoms with E-state index in [9.17, 15) is 22.8 Å². The van der Waals surface area contributed by atoms with Crippen molar-refractivity contribution in [2.75, 3.05) is 51.4 Å². The maximum Gasteiger partial charge on any atom is 0.337 e. The van der Waals surface area contributed by atoms with E-state index in [2.05, 4.69) is 9.64 Å². The molecule has 36 heavy (non-hydrogen) atoms. The van der Waals surface area contributed by atoms with Gasteiger partial charge in [0.05, 0.1) is 42.9 Å². The molecule has 0 aliphatic carbocycles. The van der Waals surface area contributed by atoms with Crippen molar-refractivity contribution in [3.63, 3.8) is 0 Å². The van der Waals surface area contributed by atoms with Crippen LogP contribution in [0.1, 0.15) is 22.3 Å². The molecule has 10 nitrogen and oxygen atoms in total. The Kier molecular flexibility index (Phi) is 7.84. The number of nitrogens with zero attached hydrogens (tertiary/aromatic N) is 3. The van der Waals surface area contributed by atoms with Crippen LogP contribution in [-0.2, 0) is 29.1 Å². The highest BCUT2D eigenvalue weighted by atomic mass is 32.2. The van der Waals surface area contributed by atoms with Gasteiger partial charge in [-0.05, 0) is 43.3 Å². The van der Waals surface area contributed by atoms with Crippen LogP contribution in [0.2, 0.25) is 0 Å². The van der Waals surface area contributed by atoms with Crippen LogP contribution in [0.15, 0.2) is 53.4 Å². The summed E-state index contributed by atoms with van der Waals surface area (Å²) in [6, 6.07) is 11.1. The molecule has 2 fully saturated rings. The first-order valence-corrected chi connectivity index (χ1v) is 13.1. The first-order valence-electron chi connectivity index (χ1n) is 11.7. The summed E-state index contributed by atoms with van der Waals surface area (Å²) in [4.78, 5) is 41.3. The topological polar surface area (TPSA) is 114 Å².